The van der Waals surface area contributed by atoms with E-state index in [4.69, 9.17) is 5.11 Å². The van der Waals surface area contributed by atoms with Crippen LogP contribution in [-0.2, 0) is 9.59 Å². The molecule has 0 saturated carbocycles. The molecule has 0 aliphatic heterocycles. The van der Waals surface area contributed by atoms with Crippen LogP contribution in [0.15, 0.2) is 0 Å². The third kappa shape index (κ3) is 4.21. The molecule has 0 aromatic heterocycles. The Bertz CT molecular complexity index is 236. The summed E-state index contributed by atoms with van der Waals surface area (Å²) in [6, 6.07) is -0.766. The Morgan fingerprint density at radius 1 is 1.12 bits per heavy atom. The van der Waals surface area contributed by atoms with Crippen molar-refractivity contribution in [2.45, 2.75) is 53.0 Å². The molecule has 0 radical (unpaired) electrons. The van der Waals surface area contributed by atoms with Gasteiger partial charge < -0.3 is 10.4 Å². The van der Waals surface area contributed by atoms with E-state index in [9.17, 15) is 9.59 Å². The van der Waals surface area contributed by atoms with Gasteiger partial charge in [-0.15, -0.1) is 0 Å². The molecule has 4 heteroatoms. The molecule has 0 aliphatic carbocycles. The Hall–Kier alpha value is -1.06. The van der Waals surface area contributed by atoms with E-state index in [1.807, 2.05) is 27.7 Å². The van der Waals surface area contributed by atoms with Crippen molar-refractivity contribution in [1.29, 1.82) is 0 Å². The first kappa shape index (κ1) is 14.9. The van der Waals surface area contributed by atoms with Gasteiger partial charge in [0.1, 0.15) is 6.04 Å². The fraction of sp³-hybridized carbons (Fsp3) is 0.833. The lowest BCUT2D eigenvalue weighted by Gasteiger charge is -2.22. The molecule has 0 aliphatic rings. The molecule has 1 amide bonds. The first-order valence-electron chi connectivity index (χ1n) is 6.00. The number of hydrogen-bond acceptors (Lipinski definition) is 2. The van der Waals surface area contributed by atoms with Gasteiger partial charge in [-0.2, -0.15) is 0 Å². The van der Waals surface area contributed by atoms with Crippen molar-refractivity contribution < 1.29 is 14.7 Å². The van der Waals surface area contributed by atoms with E-state index >= 15 is 0 Å². The van der Waals surface area contributed by atoms with E-state index in [2.05, 4.69) is 5.32 Å². The fourth-order valence-electron chi connectivity index (χ4n) is 1.61. The standard InChI is InChI=1S/C12H23NO3/c1-5-8(4)10(12(15)16)13-11(14)9(6-2)7-3/h8-10H,5-7H2,1-4H3,(H,13,14)(H,15,16)/t8-,10-/m0/s1. The molecule has 0 unspecified atom stereocenters. The van der Waals surface area contributed by atoms with Crippen LogP contribution in [0.4, 0.5) is 0 Å². The number of amides is 1. The topological polar surface area (TPSA) is 66.4 Å². The summed E-state index contributed by atoms with van der Waals surface area (Å²) in [4.78, 5) is 22.8. The van der Waals surface area contributed by atoms with Gasteiger partial charge in [0.05, 0.1) is 0 Å². The second-order valence-electron chi connectivity index (χ2n) is 4.22. The maximum atomic E-state index is 11.8. The summed E-state index contributed by atoms with van der Waals surface area (Å²) in [6.45, 7) is 7.63. The van der Waals surface area contributed by atoms with E-state index in [1.165, 1.54) is 0 Å². The lowest BCUT2D eigenvalue weighted by atomic mass is 9.97. The van der Waals surface area contributed by atoms with Crippen LogP contribution in [-0.4, -0.2) is 23.0 Å². The smallest absolute Gasteiger partial charge is 0.326 e. The Labute approximate surface area is 97.4 Å². The summed E-state index contributed by atoms with van der Waals surface area (Å²) in [5.74, 6) is -1.21. The summed E-state index contributed by atoms with van der Waals surface area (Å²) in [7, 11) is 0. The van der Waals surface area contributed by atoms with Crippen molar-refractivity contribution in [3.8, 4) is 0 Å². The SMILES string of the molecule is CCC(CC)C(=O)N[C@H](C(=O)O)[C@@H](C)CC. The number of hydrogen-bond donors (Lipinski definition) is 2. The first-order chi connectivity index (χ1) is 7.47. The van der Waals surface area contributed by atoms with Crippen LogP contribution in [0.25, 0.3) is 0 Å². The largest absolute Gasteiger partial charge is 0.480 e. The minimum absolute atomic E-state index is 0.0455. The molecule has 0 heterocycles. The predicted molar refractivity (Wildman–Crippen MR) is 63.1 cm³/mol. The molecule has 0 bridgehead atoms. The monoisotopic (exact) mass is 229 g/mol. The van der Waals surface area contributed by atoms with E-state index in [-0.39, 0.29) is 17.7 Å². The zero-order chi connectivity index (χ0) is 12.7. The summed E-state index contributed by atoms with van der Waals surface area (Å²) < 4.78 is 0. The number of carbonyl (C=O) groups is 2. The second-order valence-corrected chi connectivity index (χ2v) is 4.22. The van der Waals surface area contributed by atoms with Gasteiger partial charge in [0.15, 0.2) is 0 Å². The molecular formula is C12H23NO3. The number of nitrogens with one attached hydrogen (secondary N) is 1. The van der Waals surface area contributed by atoms with Crippen LogP contribution in [0.2, 0.25) is 0 Å². The minimum atomic E-state index is -0.950. The van der Waals surface area contributed by atoms with Gasteiger partial charge in [-0.05, 0) is 18.8 Å². The first-order valence-corrected chi connectivity index (χ1v) is 6.00. The van der Waals surface area contributed by atoms with Crippen LogP contribution < -0.4 is 5.32 Å². The van der Waals surface area contributed by atoms with E-state index in [0.29, 0.717) is 0 Å². The Morgan fingerprint density at radius 3 is 1.94 bits per heavy atom. The Kier molecular flexibility index (Phi) is 6.77. The van der Waals surface area contributed by atoms with Crippen molar-refractivity contribution in [1.82, 2.24) is 5.32 Å². The highest BCUT2D eigenvalue weighted by Gasteiger charge is 2.27. The van der Waals surface area contributed by atoms with Crippen molar-refractivity contribution >= 4 is 11.9 Å². The average Bonchev–Trinajstić information content (AvgIpc) is 2.26. The molecule has 0 spiro atoms. The maximum Gasteiger partial charge on any atom is 0.326 e. The Balaban J connectivity index is 4.51. The van der Waals surface area contributed by atoms with Crippen molar-refractivity contribution in [2.24, 2.45) is 11.8 Å². The lowest BCUT2D eigenvalue weighted by Crippen LogP contribution is -2.47. The van der Waals surface area contributed by atoms with Gasteiger partial charge in [-0.3, -0.25) is 4.79 Å². The molecule has 0 rings (SSSR count). The highest BCUT2D eigenvalue weighted by molar-refractivity contribution is 5.85. The maximum absolute atomic E-state index is 11.8. The summed E-state index contributed by atoms with van der Waals surface area (Å²) in [5.41, 5.74) is 0. The van der Waals surface area contributed by atoms with Gasteiger partial charge in [-0.1, -0.05) is 34.1 Å². The minimum Gasteiger partial charge on any atom is -0.480 e. The van der Waals surface area contributed by atoms with Crippen molar-refractivity contribution in [3.05, 3.63) is 0 Å². The van der Waals surface area contributed by atoms with Gasteiger partial charge in [-0.25, -0.2) is 4.79 Å². The number of carboxylic acids is 1. The molecule has 0 aromatic rings. The second kappa shape index (κ2) is 7.25. The number of carboxylic acid groups (broad SMARTS) is 1. The molecule has 4 nitrogen and oxygen atoms in total. The molecule has 2 atom stereocenters. The highest BCUT2D eigenvalue weighted by Crippen LogP contribution is 2.12. The molecule has 0 saturated heterocycles. The van der Waals surface area contributed by atoms with Crippen LogP contribution in [0.3, 0.4) is 0 Å². The fourth-order valence-corrected chi connectivity index (χ4v) is 1.61. The van der Waals surface area contributed by atoms with Gasteiger partial charge in [0.25, 0.3) is 0 Å². The van der Waals surface area contributed by atoms with Crippen molar-refractivity contribution in [2.75, 3.05) is 0 Å². The Morgan fingerprint density at radius 2 is 1.62 bits per heavy atom. The third-order valence-electron chi connectivity index (χ3n) is 3.13. The quantitative estimate of drug-likeness (QED) is 0.702. The number of rotatable bonds is 7. The van der Waals surface area contributed by atoms with Crippen LogP contribution in [0.5, 0.6) is 0 Å². The highest BCUT2D eigenvalue weighted by atomic mass is 16.4. The molecule has 16 heavy (non-hydrogen) atoms. The number of aliphatic carboxylic acids is 1. The van der Waals surface area contributed by atoms with E-state index in [0.717, 1.165) is 19.3 Å². The molecule has 94 valence electrons. The summed E-state index contributed by atoms with van der Waals surface area (Å²) in [5, 5.41) is 11.7. The van der Waals surface area contributed by atoms with Crippen LogP contribution >= 0.6 is 0 Å². The predicted octanol–water partition coefficient (Wildman–Crippen LogP) is 2.04. The normalized spacial score (nSPS) is 14.6. The van der Waals surface area contributed by atoms with E-state index in [1.54, 1.807) is 0 Å². The number of carbonyl (C=O) groups excluding carboxylic acids is 1. The van der Waals surface area contributed by atoms with E-state index < -0.39 is 12.0 Å². The average molecular weight is 229 g/mol. The molecule has 2 N–H and O–H groups in total. The third-order valence-corrected chi connectivity index (χ3v) is 3.13. The van der Waals surface area contributed by atoms with Crippen LogP contribution in [0.1, 0.15) is 47.0 Å². The lowest BCUT2D eigenvalue weighted by molar-refractivity contribution is -0.144. The van der Waals surface area contributed by atoms with Crippen molar-refractivity contribution in [3.63, 3.8) is 0 Å². The van der Waals surface area contributed by atoms with Crippen LogP contribution in [0, 0.1) is 11.8 Å². The van der Waals surface area contributed by atoms with Gasteiger partial charge in [0, 0.05) is 5.92 Å². The molecular weight excluding hydrogens is 206 g/mol. The zero-order valence-electron chi connectivity index (χ0n) is 10.6. The van der Waals surface area contributed by atoms with Gasteiger partial charge in [0.2, 0.25) is 5.91 Å². The molecule has 0 fully saturated rings. The summed E-state index contributed by atoms with van der Waals surface area (Å²) in [6.07, 6.45) is 2.23. The van der Waals surface area contributed by atoms with Gasteiger partial charge >= 0.3 is 5.97 Å². The molecule has 0 aromatic carbocycles. The zero-order valence-corrected chi connectivity index (χ0v) is 10.6. The summed E-state index contributed by atoms with van der Waals surface area (Å²) >= 11 is 0.